The molecule has 0 bridgehead atoms. The van der Waals surface area contributed by atoms with Crippen molar-refractivity contribution in [3.63, 3.8) is 0 Å². The normalized spacial score (nSPS) is 36.9. The van der Waals surface area contributed by atoms with E-state index in [0.717, 1.165) is 36.2 Å². The molecular weight excluding hydrogens is 544 g/mol. The fourth-order valence-corrected chi connectivity index (χ4v) is 11.2. The second kappa shape index (κ2) is 12.0. The molecule has 0 spiro atoms. The molecule has 234 valence electrons. The quantitative estimate of drug-likeness (QED) is 0.162. The Bertz CT molecular complexity index is 1270. The van der Waals surface area contributed by atoms with E-state index in [-0.39, 0.29) is 16.3 Å². The summed E-state index contributed by atoms with van der Waals surface area (Å²) in [7, 11) is -3.92. The molecule has 1 aromatic carbocycles. The Labute approximate surface area is 255 Å². The molecule has 5 rings (SSSR count). The minimum absolute atomic E-state index is 0.170. The van der Waals surface area contributed by atoms with Crippen LogP contribution in [0.1, 0.15) is 111 Å². The lowest BCUT2D eigenvalue weighted by Gasteiger charge is -2.60. The predicted molar refractivity (Wildman–Crippen MR) is 167 cm³/mol. The van der Waals surface area contributed by atoms with Crippen LogP contribution in [-0.2, 0) is 23.8 Å². The standard InChI is InChI=1S/C36H54O5S/c1-23(2)9-8-10-25(4)31-17-18-32-30-16-13-27-21-28(41-42(38,39)29-14-11-24(3)12-15-29)22-34(40-26(5)37)36(27,7)33(30)19-20-35(31,32)6/h11-15,23,25,28,30-34H,8-10,16-22H2,1-7H3/t25-,28-,30+,31-,32+,33+,34?,35-,36+/m1/s1. The Morgan fingerprint density at radius 2 is 1.74 bits per heavy atom. The van der Waals surface area contributed by atoms with Crippen molar-refractivity contribution in [2.75, 3.05) is 0 Å². The molecule has 3 fully saturated rings. The minimum Gasteiger partial charge on any atom is -0.462 e. The molecule has 1 unspecified atom stereocenters. The Kier molecular flexibility index (Phi) is 9.09. The van der Waals surface area contributed by atoms with Crippen LogP contribution in [0.4, 0.5) is 0 Å². The van der Waals surface area contributed by atoms with Gasteiger partial charge in [-0.25, -0.2) is 0 Å². The average molecular weight is 599 g/mol. The number of rotatable bonds is 9. The molecule has 4 aliphatic rings. The number of hydrogen-bond acceptors (Lipinski definition) is 5. The number of aryl methyl sites for hydroxylation is 1. The van der Waals surface area contributed by atoms with Crippen molar-refractivity contribution in [3.8, 4) is 0 Å². The maximum atomic E-state index is 13.2. The molecule has 0 heterocycles. The van der Waals surface area contributed by atoms with E-state index in [2.05, 4.69) is 40.7 Å². The van der Waals surface area contributed by atoms with Crippen LogP contribution in [0.3, 0.4) is 0 Å². The number of carbonyl (C=O) groups excluding carboxylic acids is 1. The monoisotopic (exact) mass is 598 g/mol. The van der Waals surface area contributed by atoms with Gasteiger partial charge in [0.1, 0.15) is 6.10 Å². The lowest BCUT2D eigenvalue weighted by molar-refractivity contribution is -0.166. The van der Waals surface area contributed by atoms with Gasteiger partial charge in [0.25, 0.3) is 10.1 Å². The molecule has 42 heavy (non-hydrogen) atoms. The molecule has 1 aromatic rings. The number of hydrogen-bond donors (Lipinski definition) is 0. The molecule has 0 N–H and O–H groups in total. The zero-order valence-corrected chi connectivity index (χ0v) is 27.8. The third-order valence-electron chi connectivity index (χ3n) is 12.2. The lowest BCUT2D eigenvalue weighted by Crippen LogP contribution is -2.57. The van der Waals surface area contributed by atoms with Gasteiger partial charge in [0.2, 0.25) is 0 Å². The van der Waals surface area contributed by atoms with Crippen LogP contribution in [0.2, 0.25) is 0 Å². The third-order valence-corrected chi connectivity index (χ3v) is 13.6. The Balaban J connectivity index is 1.37. The number of carbonyl (C=O) groups is 1. The summed E-state index contributed by atoms with van der Waals surface area (Å²) >= 11 is 0. The van der Waals surface area contributed by atoms with Crippen molar-refractivity contribution < 1.29 is 22.1 Å². The van der Waals surface area contributed by atoms with Gasteiger partial charge in [0.05, 0.1) is 11.0 Å². The fourth-order valence-electron chi connectivity index (χ4n) is 10.1. The number of benzene rings is 1. The topological polar surface area (TPSA) is 69.7 Å². The smallest absolute Gasteiger partial charge is 0.302 e. The zero-order valence-electron chi connectivity index (χ0n) is 27.0. The zero-order chi connectivity index (χ0) is 30.4. The summed E-state index contributed by atoms with van der Waals surface area (Å²) in [6, 6.07) is 6.78. The molecule has 9 atom stereocenters. The Hall–Kier alpha value is -1.66. The predicted octanol–water partition coefficient (Wildman–Crippen LogP) is 8.65. The first-order chi connectivity index (χ1) is 19.8. The largest absolute Gasteiger partial charge is 0.462 e. The Morgan fingerprint density at radius 3 is 2.40 bits per heavy atom. The van der Waals surface area contributed by atoms with E-state index in [1.54, 1.807) is 24.3 Å². The number of allylic oxidation sites excluding steroid dienone is 1. The van der Waals surface area contributed by atoms with Gasteiger partial charge in [-0.3, -0.25) is 8.98 Å². The summed E-state index contributed by atoms with van der Waals surface area (Å²) in [4.78, 5) is 12.6. The summed E-state index contributed by atoms with van der Waals surface area (Å²) in [5, 5.41) is 0. The molecule has 0 amide bonds. The van der Waals surface area contributed by atoms with Gasteiger partial charge in [0.15, 0.2) is 0 Å². The molecule has 0 radical (unpaired) electrons. The summed E-state index contributed by atoms with van der Waals surface area (Å²) in [5.41, 5.74) is 2.31. The summed E-state index contributed by atoms with van der Waals surface area (Å²) in [5.74, 6) is 3.73. The highest BCUT2D eigenvalue weighted by Crippen LogP contribution is 2.67. The average Bonchev–Trinajstić information content (AvgIpc) is 3.26. The first kappa shape index (κ1) is 31.8. The van der Waals surface area contributed by atoms with E-state index in [4.69, 9.17) is 8.92 Å². The Morgan fingerprint density at radius 1 is 1.02 bits per heavy atom. The van der Waals surface area contributed by atoms with Gasteiger partial charge in [-0.2, -0.15) is 8.42 Å². The van der Waals surface area contributed by atoms with Crippen LogP contribution in [0.5, 0.6) is 0 Å². The lowest BCUT2D eigenvalue weighted by atomic mass is 9.46. The van der Waals surface area contributed by atoms with Crippen LogP contribution < -0.4 is 0 Å². The van der Waals surface area contributed by atoms with Crippen molar-refractivity contribution in [2.45, 2.75) is 130 Å². The molecule has 0 aromatic heterocycles. The van der Waals surface area contributed by atoms with Gasteiger partial charge in [-0.1, -0.05) is 83.2 Å². The SMILES string of the molecule is CC(=O)OC1C[C@H](OS(=O)(=O)c2ccc(C)cc2)CC2=CC[C@H]3[C@@H]4CC[C@H]([C@H](C)CCCC(C)C)[C@@]4(C)CC[C@@H]3[C@]21C. The van der Waals surface area contributed by atoms with Crippen molar-refractivity contribution in [1.29, 1.82) is 0 Å². The van der Waals surface area contributed by atoms with Crippen LogP contribution in [-0.4, -0.2) is 26.6 Å². The van der Waals surface area contributed by atoms with Crippen LogP contribution >= 0.6 is 0 Å². The van der Waals surface area contributed by atoms with Gasteiger partial charge < -0.3 is 4.74 Å². The highest BCUT2D eigenvalue weighted by molar-refractivity contribution is 7.86. The fraction of sp³-hybridized carbons (Fsp3) is 0.750. The minimum atomic E-state index is -3.92. The molecule has 4 aliphatic carbocycles. The first-order valence-corrected chi connectivity index (χ1v) is 18.0. The van der Waals surface area contributed by atoms with E-state index in [9.17, 15) is 13.2 Å². The van der Waals surface area contributed by atoms with Crippen molar-refractivity contribution in [2.24, 2.45) is 46.3 Å². The third kappa shape index (κ3) is 5.88. The molecule has 0 saturated heterocycles. The van der Waals surface area contributed by atoms with Gasteiger partial charge in [-0.05, 0) is 98.5 Å². The maximum absolute atomic E-state index is 13.2. The molecule has 6 heteroatoms. The van der Waals surface area contributed by atoms with Crippen LogP contribution in [0.25, 0.3) is 0 Å². The van der Waals surface area contributed by atoms with Crippen molar-refractivity contribution >= 4 is 16.1 Å². The highest BCUT2D eigenvalue weighted by Gasteiger charge is 2.62. The maximum Gasteiger partial charge on any atom is 0.302 e. The van der Waals surface area contributed by atoms with E-state index < -0.39 is 22.3 Å². The van der Waals surface area contributed by atoms with E-state index >= 15 is 0 Å². The molecule has 3 saturated carbocycles. The van der Waals surface area contributed by atoms with E-state index in [1.165, 1.54) is 51.0 Å². The van der Waals surface area contributed by atoms with Gasteiger partial charge >= 0.3 is 5.97 Å². The van der Waals surface area contributed by atoms with E-state index in [1.807, 2.05) is 6.92 Å². The highest BCUT2D eigenvalue weighted by atomic mass is 32.2. The van der Waals surface area contributed by atoms with Gasteiger partial charge in [0, 0.05) is 18.8 Å². The second-order valence-electron chi connectivity index (χ2n) is 15.2. The summed E-state index contributed by atoms with van der Waals surface area (Å²) in [6.45, 7) is 15.5. The van der Waals surface area contributed by atoms with Crippen molar-refractivity contribution in [3.05, 3.63) is 41.5 Å². The van der Waals surface area contributed by atoms with Gasteiger partial charge in [-0.15, -0.1) is 0 Å². The number of esters is 1. The van der Waals surface area contributed by atoms with E-state index in [0.29, 0.717) is 36.0 Å². The summed E-state index contributed by atoms with van der Waals surface area (Å²) < 4.78 is 38.4. The first-order valence-electron chi connectivity index (χ1n) is 16.6. The van der Waals surface area contributed by atoms with Crippen LogP contribution in [0.15, 0.2) is 40.8 Å². The van der Waals surface area contributed by atoms with Crippen LogP contribution in [0, 0.1) is 53.3 Å². The molecular formula is C36H54O5S. The second-order valence-corrected chi connectivity index (χ2v) is 16.8. The molecule has 0 aliphatic heterocycles. The summed E-state index contributed by atoms with van der Waals surface area (Å²) in [6.07, 6.45) is 12.5. The van der Waals surface area contributed by atoms with Crippen molar-refractivity contribution in [1.82, 2.24) is 0 Å². The number of fused-ring (bicyclic) bond motifs is 5. The molecule has 5 nitrogen and oxygen atoms in total. The number of ether oxygens (including phenoxy) is 1.